The Balaban J connectivity index is 2.22. The third kappa shape index (κ3) is 6.17. The highest BCUT2D eigenvalue weighted by molar-refractivity contribution is 4.75. The van der Waals surface area contributed by atoms with Gasteiger partial charge in [0.05, 0.1) is 18.8 Å². The van der Waals surface area contributed by atoms with E-state index < -0.39 is 0 Å². The highest BCUT2D eigenvalue weighted by Crippen LogP contribution is 2.23. The summed E-state index contributed by atoms with van der Waals surface area (Å²) in [5, 5.41) is 3.58. The quantitative estimate of drug-likeness (QED) is 0.688. The minimum atomic E-state index is 0.409. The number of ether oxygens (including phenoxy) is 2. The molecule has 3 atom stereocenters. The summed E-state index contributed by atoms with van der Waals surface area (Å²) in [6.07, 6.45) is 9.15. The van der Waals surface area contributed by atoms with Crippen LogP contribution in [-0.2, 0) is 9.47 Å². The number of hydrogen-bond donors (Lipinski definition) is 1. The van der Waals surface area contributed by atoms with E-state index in [0.29, 0.717) is 18.2 Å². The maximum Gasteiger partial charge on any atom is 0.0623 e. The van der Waals surface area contributed by atoms with E-state index in [1.165, 1.54) is 38.5 Å². The summed E-state index contributed by atoms with van der Waals surface area (Å²) in [6.45, 7) is 6.40. The Morgan fingerprint density at radius 2 is 1.94 bits per heavy atom. The van der Waals surface area contributed by atoms with E-state index in [2.05, 4.69) is 19.2 Å². The maximum absolute atomic E-state index is 6.08. The summed E-state index contributed by atoms with van der Waals surface area (Å²) in [4.78, 5) is 0. The first-order valence-electron chi connectivity index (χ1n) is 7.67. The largest absolute Gasteiger partial charge is 0.381 e. The van der Waals surface area contributed by atoms with Crippen molar-refractivity contribution < 1.29 is 9.47 Å². The zero-order valence-corrected chi connectivity index (χ0v) is 12.4. The van der Waals surface area contributed by atoms with Gasteiger partial charge in [0.1, 0.15) is 0 Å². The molecule has 0 aromatic heterocycles. The van der Waals surface area contributed by atoms with Gasteiger partial charge in [-0.25, -0.2) is 0 Å². The molecular formula is C15H31NO2. The van der Waals surface area contributed by atoms with Gasteiger partial charge < -0.3 is 14.8 Å². The fraction of sp³-hybridized carbons (Fsp3) is 1.00. The van der Waals surface area contributed by atoms with Gasteiger partial charge in [-0.05, 0) is 45.1 Å². The fourth-order valence-electron chi connectivity index (χ4n) is 2.66. The van der Waals surface area contributed by atoms with Crippen LogP contribution < -0.4 is 5.32 Å². The van der Waals surface area contributed by atoms with Crippen LogP contribution >= 0.6 is 0 Å². The first kappa shape index (κ1) is 15.9. The van der Waals surface area contributed by atoms with E-state index >= 15 is 0 Å². The van der Waals surface area contributed by atoms with Crippen molar-refractivity contribution in [2.75, 3.05) is 20.3 Å². The molecule has 0 radical (unpaired) electrons. The third-order valence-electron chi connectivity index (χ3n) is 3.76. The Kier molecular flexibility index (Phi) is 8.64. The molecule has 0 heterocycles. The van der Waals surface area contributed by atoms with Gasteiger partial charge in [0, 0.05) is 13.2 Å². The zero-order valence-electron chi connectivity index (χ0n) is 12.4. The van der Waals surface area contributed by atoms with Crippen LogP contribution in [0.2, 0.25) is 0 Å². The summed E-state index contributed by atoms with van der Waals surface area (Å²) in [5.74, 6) is 0. The average Bonchev–Trinajstić information content (AvgIpc) is 2.42. The molecule has 1 saturated carbocycles. The van der Waals surface area contributed by atoms with Crippen LogP contribution in [0.1, 0.15) is 58.8 Å². The molecule has 0 spiro atoms. The lowest BCUT2D eigenvalue weighted by Crippen LogP contribution is -2.37. The van der Waals surface area contributed by atoms with Gasteiger partial charge in [-0.3, -0.25) is 0 Å². The molecule has 18 heavy (non-hydrogen) atoms. The summed E-state index contributed by atoms with van der Waals surface area (Å²) < 4.78 is 11.5. The van der Waals surface area contributed by atoms with Crippen molar-refractivity contribution in [1.82, 2.24) is 5.32 Å². The van der Waals surface area contributed by atoms with E-state index in [0.717, 1.165) is 19.6 Å². The number of methoxy groups -OCH3 is 1. The van der Waals surface area contributed by atoms with Gasteiger partial charge in [-0.15, -0.1) is 0 Å². The van der Waals surface area contributed by atoms with Crippen molar-refractivity contribution in [3.05, 3.63) is 0 Å². The van der Waals surface area contributed by atoms with Crippen molar-refractivity contribution >= 4 is 0 Å². The zero-order chi connectivity index (χ0) is 13.2. The Morgan fingerprint density at radius 1 is 1.17 bits per heavy atom. The Labute approximate surface area is 113 Å². The van der Waals surface area contributed by atoms with Crippen LogP contribution in [0.3, 0.4) is 0 Å². The van der Waals surface area contributed by atoms with Gasteiger partial charge in [-0.1, -0.05) is 20.3 Å². The first-order valence-corrected chi connectivity index (χ1v) is 7.67. The molecule has 0 saturated heterocycles. The van der Waals surface area contributed by atoms with Crippen LogP contribution in [0.5, 0.6) is 0 Å². The molecule has 0 bridgehead atoms. The van der Waals surface area contributed by atoms with Crippen LogP contribution in [0.25, 0.3) is 0 Å². The van der Waals surface area contributed by atoms with Gasteiger partial charge in [-0.2, -0.15) is 0 Å². The first-order chi connectivity index (χ1) is 8.80. The lowest BCUT2D eigenvalue weighted by Gasteiger charge is -2.29. The van der Waals surface area contributed by atoms with Gasteiger partial charge in [0.2, 0.25) is 0 Å². The van der Waals surface area contributed by atoms with E-state index in [-0.39, 0.29) is 0 Å². The summed E-state index contributed by atoms with van der Waals surface area (Å²) in [6, 6.07) is 0.526. The van der Waals surface area contributed by atoms with Gasteiger partial charge in [0.25, 0.3) is 0 Å². The maximum atomic E-state index is 6.08. The summed E-state index contributed by atoms with van der Waals surface area (Å²) in [5.41, 5.74) is 0. The number of hydrogen-bond acceptors (Lipinski definition) is 3. The second-order valence-electron chi connectivity index (χ2n) is 5.42. The summed E-state index contributed by atoms with van der Waals surface area (Å²) >= 11 is 0. The molecule has 0 aromatic carbocycles. The highest BCUT2D eigenvalue weighted by Gasteiger charge is 2.22. The number of nitrogens with one attached hydrogen (secondary N) is 1. The normalized spacial score (nSPS) is 26.2. The molecule has 1 aliphatic carbocycles. The molecule has 1 fully saturated rings. The Hall–Kier alpha value is -0.120. The molecule has 3 nitrogen and oxygen atoms in total. The monoisotopic (exact) mass is 257 g/mol. The predicted octanol–water partition coefficient (Wildman–Crippen LogP) is 3.13. The van der Waals surface area contributed by atoms with Crippen LogP contribution in [0.4, 0.5) is 0 Å². The van der Waals surface area contributed by atoms with E-state index in [9.17, 15) is 0 Å². The molecule has 3 heteroatoms. The minimum absolute atomic E-state index is 0.409. The molecule has 3 unspecified atom stereocenters. The van der Waals surface area contributed by atoms with Crippen LogP contribution in [0, 0.1) is 0 Å². The van der Waals surface area contributed by atoms with Crippen molar-refractivity contribution in [1.29, 1.82) is 0 Å². The highest BCUT2D eigenvalue weighted by atomic mass is 16.5. The molecule has 0 aliphatic heterocycles. The van der Waals surface area contributed by atoms with E-state index in [4.69, 9.17) is 9.47 Å². The van der Waals surface area contributed by atoms with Gasteiger partial charge in [0.15, 0.2) is 0 Å². The molecule has 0 amide bonds. The lowest BCUT2D eigenvalue weighted by molar-refractivity contribution is -0.0359. The third-order valence-corrected chi connectivity index (χ3v) is 3.76. The predicted molar refractivity (Wildman–Crippen MR) is 76.0 cm³/mol. The molecule has 0 aromatic rings. The molecule has 1 N–H and O–H groups in total. The molecule has 108 valence electrons. The minimum Gasteiger partial charge on any atom is -0.381 e. The van der Waals surface area contributed by atoms with Crippen LogP contribution in [-0.4, -0.2) is 38.5 Å². The Morgan fingerprint density at radius 3 is 2.61 bits per heavy atom. The van der Waals surface area contributed by atoms with Crippen molar-refractivity contribution in [2.24, 2.45) is 0 Å². The average molecular weight is 257 g/mol. The topological polar surface area (TPSA) is 30.5 Å². The standard InChI is InChI=1S/C15H31NO2/c1-4-7-13(16-10-5-2)12-18-15-9-6-8-14(11-15)17-3/h13-16H,4-12H2,1-3H3. The number of rotatable bonds is 9. The van der Waals surface area contributed by atoms with Crippen molar-refractivity contribution in [3.8, 4) is 0 Å². The van der Waals surface area contributed by atoms with Crippen molar-refractivity contribution in [3.63, 3.8) is 0 Å². The Bertz CT molecular complexity index is 195. The SMILES string of the molecule is CCCNC(CCC)COC1CCCC(OC)C1. The van der Waals surface area contributed by atoms with E-state index in [1.807, 2.05) is 7.11 Å². The second kappa shape index (κ2) is 9.76. The summed E-state index contributed by atoms with van der Waals surface area (Å²) in [7, 11) is 1.82. The lowest BCUT2D eigenvalue weighted by atomic mass is 9.95. The van der Waals surface area contributed by atoms with Crippen molar-refractivity contribution in [2.45, 2.75) is 77.0 Å². The van der Waals surface area contributed by atoms with Gasteiger partial charge >= 0.3 is 0 Å². The molecule has 1 aliphatic rings. The second-order valence-corrected chi connectivity index (χ2v) is 5.42. The molecule has 1 rings (SSSR count). The van der Waals surface area contributed by atoms with E-state index in [1.54, 1.807) is 0 Å². The smallest absolute Gasteiger partial charge is 0.0623 e. The molecular weight excluding hydrogens is 226 g/mol. The van der Waals surface area contributed by atoms with Crippen LogP contribution in [0.15, 0.2) is 0 Å². The fourth-order valence-corrected chi connectivity index (χ4v) is 2.66.